The molecule has 5 heteroatoms. The van der Waals surface area contributed by atoms with E-state index in [-0.39, 0.29) is 18.5 Å². The number of aliphatic hydroxyl groups excluding tert-OH is 1. The van der Waals surface area contributed by atoms with Gasteiger partial charge in [-0.05, 0) is 49.9 Å². The Morgan fingerprint density at radius 3 is 2.52 bits per heavy atom. The number of para-hydroxylation sites is 1. The number of halogens is 1. The summed E-state index contributed by atoms with van der Waals surface area (Å²) in [5.74, 6) is 1.64. The van der Waals surface area contributed by atoms with Gasteiger partial charge >= 0.3 is 0 Å². The van der Waals surface area contributed by atoms with Crippen molar-refractivity contribution < 1.29 is 14.6 Å². The molecule has 4 nitrogen and oxygen atoms in total. The lowest BCUT2D eigenvalue weighted by molar-refractivity contribution is 0.182. The first-order valence-electron chi connectivity index (χ1n) is 9.38. The summed E-state index contributed by atoms with van der Waals surface area (Å²) in [6.45, 7) is 1.38. The Hall–Kier alpha value is -1.75. The maximum Gasteiger partial charge on any atom is 0.164 e. The molecule has 1 heterocycles. The van der Waals surface area contributed by atoms with Crippen LogP contribution in [0.5, 0.6) is 11.5 Å². The number of β-amino-alcohol motifs (C(OH)–C–C–N with tert-alkyl or cyclic N) is 1. The number of rotatable bonds is 8. The number of aryl methyl sites for hydroxylation is 2. The van der Waals surface area contributed by atoms with Crippen LogP contribution in [0.3, 0.4) is 0 Å². The molecule has 1 N–H and O–H groups in total. The molecule has 0 saturated carbocycles. The lowest BCUT2D eigenvalue weighted by Crippen LogP contribution is -2.26. The highest BCUT2D eigenvalue weighted by molar-refractivity contribution is 5.85. The first-order chi connectivity index (χ1) is 12.7. The number of ether oxygens (including phenoxy) is 2. The summed E-state index contributed by atoms with van der Waals surface area (Å²) in [6, 6.07) is 17.0. The number of likely N-dealkylation sites (tertiary alicyclic amines) is 1. The lowest BCUT2D eigenvalue weighted by atomic mass is 10.0. The van der Waals surface area contributed by atoms with Gasteiger partial charge in [-0.15, -0.1) is 12.4 Å². The monoisotopic (exact) mass is 391 g/mol. The number of benzene rings is 2. The van der Waals surface area contributed by atoms with E-state index in [0.29, 0.717) is 12.6 Å². The molecule has 0 spiro atoms. The van der Waals surface area contributed by atoms with Crippen molar-refractivity contribution in [2.45, 2.75) is 37.8 Å². The van der Waals surface area contributed by atoms with Gasteiger partial charge in [-0.25, -0.2) is 0 Å². The molecule has 0 aromatic heterocycles. The van der Waals surface area contributed by atoms with Crippen molar-refractivity contribution in [2.24, 2.45) is 0 Å². The third kappa shape index (κ3) is 5.86. The molecule has 0 aliphatic carbocycles. The maximum absolute atomic E-state index is 9.79. The second-order valence-corrected chi connectivity index (χ2v) is 7.05. The Labute approximate surface area is 168 Å². The Morgan fingerprint density at radius 2 is 1.85 bits per heavy atom. The number of hydrogen-bond donors (Lipinski definition) is 1. The van der Waals surface area contributed by atoms with Crippen molar-refractivity contribution in [3.63, 3.8) is 0 Å². The van der Waals surface area contributed by atoms with Gasteiger partial charge in [-0.1, -0.05) is 42.5 Å². The zero-order valence-corrected chi connectivity index (χ0v) is 17.0. The van der Waals surface area contributed by atoms with Crippen LogP contribution in [0.15, 0.2) is 48.5 Å². The molecular formula is C22H30ClNO3. The van der Waals surface area contributed by atoms with Crippen molar-refractivity contribution in [1.29, 1.82) is 0 Å². The van der Waals surface area contributed by atoms with Crippen LogP contribution in [0.4, 0.5) is 0 Å². The van der Waals surface area contributed by atoms with E-state index in [4.69, 9.17) is 9.47 Å². The Morgan fingerprint density at radius 1 is 1.07 bits per heavy atom. The summed E-state index contributed by atoms with van der Waals surface area (Å²) in [6.07, 6.45) is 3.41. The van der Waals surface area contributed by atoms with Crippen LogP contribution in [-0.4, -0.2) is 49.5 Å². The highest BCUT2D eigenvalue weighted by Gasteiger charge is 2.27. The van der Waals surface area contributed by atoms with Crippen LogP contribution in [0.2, 0.25) is 0 Å². The van der Waals surface area contributed by atoms with E-state index in [1.54, 1.807) is 7.11 Å². The quantitative estimate of drug-likeness (QED) is 0.744. The van der Waals surface area contributed by atoms with E-state index >= 15 is 0 Å². The molecule has 0 bridgehead atoms. The van der Waals surface area contributed by atoms with Crippen LogP contribution in [-0.2, 0) is 12.8 Å². The van der Waals surface area contributed by atoms with Gasteiger partial charge in [-0.3, -0.25) is 0 Å². The number of nitrogens with zero attached hydrogens (tertiary/aromatic N) is 1. The molecule has 1 aliphatic rings. The van der Waals surface area contributed by atoms with Crippen molar-refractivity contribution in [3.05, 3.63) is 59.7 Å². The molecule has 0 radical (unpaired) electrons. The Balaban J connectivity index is 0.00000261. The molecule has 1 fully saturated rings. The molecule has 27 heavy (non-hydrogen) atoms. The second-order valence-electron chi connectivity index (χ2n) is 7.05. The number of hydrogen-bond acceptors (Lipinski definition) is 4. The van der Waals surface area contributed by atoms with Gasteiger partial charge in [0.15, 0.2) is 11.5 Å². The lowest BCUT2D eigenvalue weighted by Gasteiger charge is -2.20. The second kappa shape index (κ2) is 10.5. The number of methoxy groups -OCH3 is 1. The van der Waals surface area contributed by atoms with E-state index in [2.05, 4.69) is 42.3 Å². The molecule has 2 aromatic rings. The fraction of sp³-hybridized carbons (Fsp3) is 0.455. The van der Waals surface area contributed by atoms with Crippen molar-refractivity contribution in [1.82, 2.24) is 4.90 Å². The third-order valence-electron chi connectivity index (χ3n) is 5.17. The predicted molar refractivity (Wildman–Crippen MR) is 111 cm³/mol. The van der Waals surface area contributed by atoms with Gasteiger partial charge in [0, 0.05) is 12.6 Å². The zero-order valence-electron chi connectivity index (χ0n) is 16.1. The summed E-state index contributed by atoms with van der Waals surface area (Å²) in [7, 11) is 3.75. The first-order valence-corrected chi connectivity index (χ1v) is 9.38. The van der Waals surface area contributed by atoms with Crippen LogP contribution >= 0.6 is 12.4 Å². The van der Waals surface area contributed by atoms with E-state index in [9.17, 15) is 5.11 Å². The summed E-state index contributed by atoms with van der Waals surface area (Å²) in [5.41, 5.74) is 2.50. The molecule has 2 aromatic carbocycles. The highest BCUT2D eigenvalue weighted by Crippen LogP contribution is 2.32. The first kappa shape index (κ1) is 21.5. The molecule has 3 rings (SSSR count). The highest BCUT2D eigenvalue weighted by atomic mass is 35.5. The van der Waals surface area contributed by atoms with Crippen molar-refractivity contribution >= 4 is 12.4 Å². The largest absolute Gasteiger partial charge is 0.493 e. The molecule has 0 amide bonds. The minimum absolute atomic E-state index is 0. The van der Waals surface area contributed by atoms with Gasteiger partial charge in [0.2, 0.25) is 0 Å². The zero-order chi connectivity index (χ0) is 18.4. The maximum atomic E-state index is 9.79. The van der Waals surface area contributed by atoms with Gasteiger partial charge in [0.05, 0.1) is 19.8 Å². The van der Waals surface area contributed by atoms with Gasteiger partial charge in [-0.2, -0.15) is 0 Å². The summed E-state index contributed by atoms with van der Waals surface area (Å²) in [5, 5.41) is 9.79. The molecule has 0 unspecified atom stereocenters. The van der Waals surface area contributed by atoms with Crippen molar-refractivity contribution in [3.8, 4) is 11.5 Å². The van der Waals surface area contributed by atoms with E-state index < -0.39 is 0 Å². The fourth-order valence-electron chi connectivity index (χ4n) is 3.69. The average Bonchev–Trinajstić information content (AvgIpc) is 2.98. The fourth-order valence-corrected chi connectivity index (χ4v) is 3.69. The molecule has 148 valence electrons. The topological polar surface area (TPSA) is 41.9 Å². The smallest absolute Gasteiger partial charge is 0.164 e. The molecule has 1 aliphatic heterocycles. The number of aliphatic hydroxyl groups is 1. The molecule has 1 saturated heterocycles. The van der Waals surface area contributed by atoms with E-state index in [0.717, 1.165) is 43.7 Å². The molecular weight excluding hydrogens is 362 g/mol. The predicted octanol–water partition coefficient (Wildman–Crippen LogP) is 3.74. The normalized spacial score (nSPS) is 19.5. The summed E-state index contributed by atoms with van der Waals surface area (Å²) >= 11 is 0. The summed E-state index contributed by atoms with van der Waals surface area (Å²) in [4.78, 5) is 2.21. The van der Waals surface area contributed by atoms with Crippen LogP contribution in [0.25, 0.3) is 0 Å². The SMILES string of the molecule is COc1cccc(CCc2ccccc2)c1OCC[C@@H]1C[C@@H](O)CN1C.Cl. The van der Waals surface area contributed by atoms with Gasteiger partial charge in [0.1, 0.15) is 0 Å². The standard InChI is InChI=1S/C22H29NO3.ClH/c1-23-16-20(24)15-19(23)13-14-26-22-18(9-6-10-21(22)25-2)12-11-17-7-4-3-5-8-17;/h3-10,19-20,24H,11-16H2,1-2H3;1H/t19-,20-;/m1./s1. The van der Waals surface area contributed by atoms with Crippen LogP contribution in [0.1, 0.15) is 24.0 Å². The van der Waals surface area contributed by atoms with E-state index in [1.807, 2.05) is 18.2 Å². The van der Waals surface area contributed by atoms with Crippen LogP contribution in [0, 0.1) is 0 Å². The minimum atomic E-state index is -0.210. The Kier molecular flexibility index (Phi) is 8.42. The van der Waals surface area contributed by atoms with Gasteiger partial charge < -0.3 is 19.5 Å². The Bertz CT molecular complexity index is 695. The number of likely N-dealkylation sites (N-methyl/N-ethyl adjacent to an activating group) is 1. The van der Waals surface area contributed by atoms with E-state index in [1.165, 1.54) is 11.1 Å². The molecule has 2 atom stereocenters. The minimum Gasteiger partial charge on any atom is -0.493 e. The third-order valence-corrected chi connectivity index (χ3v) is 5.17. The van der Waals surface area contributed by atoms with Gasteiger partial charge in [0.25, 0.3) is 0 Å². The van der Waals surface area contributed by atoms with Crippen molar-refractivity contribution in [2.75, 3.05) is 27.3 Å². The summed E-state index contributed by atoms with van der Waals surface area (Å²) < 4.78 is 11.7. The van der Waals surface area contributed by atoms with Crippen LogP contribution < -0.4 is 9.47 Å². The average molecular weight is 392 g/mol.